The van der Waals surface area contributed by atoms with Gasteiger partial charge in [0.1, 0.15) is 23.0 Å². The second kappa shape index (κ2) is 9.55. The van der Waals surface area contributed by atoms with Crippen molar-refractivity contribution in [2.45, 2.75) is 37.3 Å². The maximum absolute atomic E-state index is 14.4. The van der Waals surface area contributed by atoms with Gasteiger partial charge in [-0.05, 0) is 67.9 Å². The number of benzene rings is 2. The van der Waals surface area contributed by atoms with Crippen molar-refractivity contribution in [1.29, 1.82) is 0 Å². The van der Waals surface area contributed by atoms with Gasteiger partial charge in [-0.1, -0.05) is 6.07 Å². The number of carbonyl (C=O) groups excluding carboxylic acids is 2. The summed E-state index contributed by atoms with van der Waals surface area (Å²) in [7, 11) is 1.59. The average Bonchev–Trinajstić information content (AvgIpc) is 3.75. The maximum atomic E-state index is 14.4. The van der Waals surface area contributed by atoms with Gasteiger partial charge >= 0.3 is 5.97 Å². The summed E-state index contributed by atoms with van der Waals surface area (Å²) in [6.07, 6.45) is 8.08. The Morgan fingerprint density at radius 3 is 2.59 bits per heavy atom. The lowest BCUT2D eigenvalue weighted by Gasteiger charge is -2.45. The number of nitrogens with zero attached hydrogens (tertiary/aromatic N) is 2. The Kier molecular flexibility index (Phi) is 5.93. The number of Topliss-reactive ketones (excluding diaryl/α,β-unsaturated/α-hetero) is 2. The summed E-state index contributed by atoms with van der Waals surface area (Å²) >= 11 is 0. The largest absolute Gasteiger partial charge is 0.496 e. The lowest BCUT2D eigenvalue weighted by atomic mass is 9.70. The van der Waals surface area contributed by atoms with Crippen molar-refractivity contribution < 1.29 is 29.0 Å². The third-order valence-corrected chi connectivity index (χ3v) is 8.62. The Hall–Kier alpha value is -4.50. The number of aromatic carboxylic acids is 1. The Bertz CT molecular complexity index is 1730. The van der Waals surface area contributed by atoms with Crippen LogP contribution in [0.5, 0.6) is 11.5 Å². The Morgan fingerprint density at radius 2 is 1.85 bits per heavy atom. The predicted octanol–water partition coefficient (Wildman–Crippen LogP) is 4.94. The molecule has 2 N–H and O–H groups in total. The van der Waals surface area contributed by atoms with Crippen molar-refractivity contribution in [3.05, 3.63) is 77.7 Å². The molecule has 2 fully saturated rings. The van der Waals surface area contributed by atoms with Crippen LogP contribution in [0.1, 0.15) is 62.8 Å². The SMILES string of the molecule is COc1cc(C(=O)[C@@H]2C(=O)c3cc(-c4cncc(C(=O)O)c4)ccc3OC23CCNCC3)cc2c1ccn2C1CC1. The highest BCUT2D eigenvalue weighted by molar-refractivity contribution is 6.19. The number of aromatic nitrogens is 2. The molecule has 4 heterocycles. The molecule has 1 saturated heterocycles. The molecule has 3 aliphatic rings. The molecule has 41 heavy (non-hydrogen) atoms. The number of methoxy groups -OCH3 is 1. The van der Waals surface area contributed by atoms with Crippen molar-refractivity contribution in [2.24, 2.45) is 5.92 Å². The summed E-state index contributed by atoms with van der Waals surface area (Å²) in [4.78, 5) is 44.3. The summed E-state index contributed by atoms with van der Waals surface area (Å²) < 4.78 is 14.5. The highest BCUT2D eigenvalue weighted by atomic mass is 16.5. The number of carboxylic acid groups (broad SMARTS) is 1. The predicted molar refractivity (Wildman–Crippen MR) is 151 cm³/mol. The van der Waals surface area contributed by atoms with Gasteiger partial charge in [-0.2, -0.15) is 0 Å². The fourth-order valence-corrected chi connectivity index (χ4v) is 6.35. The van der Waals surface area contributed by atoms with E-state index in [-0.39, 0.29) is 17.1 Å². The molecular weight excluding hydrogens is 522 g/mol. The normalized spacial score (nSPS) is 19.5. The number of piperidine rings is 1. The van der Waals surface area contributed by atoms with Gasteiger partial charge < -0.3 is 24.5 Å². The molecule has 1 aliphatic carbocycles. The van der Waals surface area contributed by atoms with Gasteiger partial charge in [0.05, 0.1) is 23.8 Å². The van der Waals surface area contributed by atoms with Crippen molar-refractivity contribution in [3.8, 4) is 22.6 Å². The summed E-state index contributed by atoms with van der Waals surface area (Å²) in [5, 5.41) is 13.7. The second-order valence-corrected chi connectivity index (χ2v) is 11.1. The molecule has 0 bridgehead atoms. The number of hydrogen-bond acceptors (Lipinski definition) is 7. The fourth-order valence-electron chi connectivity index (χ4n) is 6.35. The molecule has 2 aliphatic heterocycles. The molecule has 1 saturated carbocycles. The van der Waals surface area contributed by atoms with E-state index in [0.717, 1.165) is 23.7 Å². The van der Waals surface area contributed by atoms with Crippen LogP contribution >= 0.6 is 0 Å². The van der Waals surface area contributed by atoms with Crippen LogP contribution in [0.2, 0.25) is 0 Å². The Labute approximate surface area is 236 Å². The van der Waals surface area contributed by atoms with Crippen molar-refractivity contribution in [1.82, 2.24) is 14.9 Å². The zero-order valence-electron chi connectivity index (χ0n) is 22.6. The molecule has 0 radical (unpaired) electrons. The molecule has 0 amide bonds. The Balaban J connectivity index is 1.33. The van der Waals surface area contributed by atoms with Gasteiger partial charge in [-0.3, -0.25) is 14.6 Å². The quantitative estimate of drug-likeness (QED) is 0.255. The van der Waals surface area contributed by atoms with E-state index in [9.17, 15) is 19.5 Å². The molecular formula is C32H29N3O6. The molecule has 9 nitrogen and oxygen atoms in total. The van der Waals surface area contributed by atoms with Gasteiger partial charge in [0.25, 0.3) is 0 Å². The molecule has 2 aromatic heterocycles. The number of rotatable bonds is 6. The number of ether oxygens (including phenoxy) is 2. The van der Waals surface area contributed by atoms with Crippen LogP contribution in [-0.2, 0) is 0 Å². The standard InChI is InChI=1S/C32H29N3O6/c1-40-27-15-19(14-25-23(27)6-11-35(25)22-3-4-22)29(36)28-30(37)24-13-18(20-12-21(31(38)39)17-34-16-20)2-5-26(24)41-32(28)7-9-33-10-8-32/h2,5-6,11-17,22,28,33H,3-4,7-10H2,1H3,(H,38,39)/t28-/m1/s1. The van der Waals surface area contributed by atoms with Crippen LogP contribution in [0, 0.1) is 5.92 Å². The van der Waals surface area contributed by atoms with E-state index in [1.807, 2.05) is 18.3 Å². The van der Waals surface area contributed by atoms with Crippen LogP contribution in [-0.4, -0.2) is 58.0 Å². The van der Waals surface area contributed by atoms with E-state index >= 15 is 0 Å². The molecule has 7 rings (SSSR count). The van der Waals surface area contributed by atoms with Crippen LogP contribution in [0.3, 0.4) is 0 Å². The smallest absolute Gasteiger partial charge is 0.337 e. The number of ketones is 2. The minimum Gasteiger partial charge on any atom is -0.496 e. The minimum atomic E-state index is -1.09. The van der Waals surface area contributed by atoms with Gasteiger partial charge in [-0.15, -0.1) is 0 Å². The van der Waals surface area contributed by atoms with E-state index in [2.05, 4.69) is 14.9 Å². The third kappa shape index (κ3) is 4.19. The first kappa shape index (κ1) is 25.5. The zero-order valence-corrected chi connectivity index (χ0v) is 22.6. The average molecular weight is 552 g/mol. The first-order valence-corrected chi connectivity index (χ1v) is 13.9. The lowest BCUT2D eigenvalue weighted by molar-refractivity contribution is -0.0138. The van der Waals surface area contributed by atoms with E-state index < -0.39 is 17.5 Å². The van der Waals surface area contributed by atoms with E-state index in [1.54, 1.807) is 37.6 Å². The molecule has 4 aromatic rings. The van der Waals surface area contributed by atoms with Gasteiger partial charge in [0, 0.05) is 54.0 Å². The molecule has 208 valence electrons. The first-order valence-electron chi connectivity index (χ1n) is 13.9. The van der Waals surface area contributed by atoms with Crippen LogP contribution < -0.4 is 14.8 Å². The second-order valence-electron chi connectivity index (χ2n) is 11.1. The number of nitrogens with one attached hydrogen (secondary N) is 1. The van der Waals surface area contributed by atoms with Gasteiger partial charge in [-0.25, -0.2) is 4.79 Å². The van der Waals surface area contributed by atoms with E-state index in [0.29, 0.717) is 65.7 Å². The Morgan fingerprint density at radius 1 is 1.05 bits per heavy atom. The topological polar surface area (TPSA) is 120 Å². The summed E-state index contributed by atoms with van der Waals surface area (Å²) in [5.74, 6) is -1.67. The number of carboxylic acids is 1. The lowest BCUT2D eigenvalue weighted by Crippen LogP contribution is -2.58. The summed E-state index contributed by atoms with van der Waals surface area (Å²) in [5.41, 5.74) is 1.90. The molecule has 1 spiro atoms. The van der Waals surface area contributed by atoms with Gasteiger partial charge in [0.15, 0.2) is 11.6 Å². The first-order chi connectivity index (χ1) is 19.9. The van der Waals surface area contributed by atoms with Crippen LogP contribution in [0.25, 0.3) is 22.0 Å². The van der Waals surface area contributed by atoms with E-state index in [4.69, 9.17) is 9.47 Å². The zero-order chi connectivity index (χ0) is 28.3. The van der Waals surface area contributed by atoms with Crippen molar-refractivity contribution in [3.63, 3.8) is 0 Å². The van der Waals surface area contributed by atoms with E-state index in [1.165, 1.54) is 12.3 Å². The maximum Gasteiger partial charge on any atom is 0.337 e. The number of hydrogen-bond donors (Lipinski definition) is 2. The molecule has 0 unspecified atom stereocenters. The molecule has 2 aromatic carbocycles. The van der Waals surface area contributed by atoms with Gasteiger partial charge in [0.2, 0.25) is 0 Å². The van der Waals surface area contributed by atoms with Crippen molar-refractivity contribution >= 4 is 28.4 Å². The summed E-state index contributed by atoms with van der Waals surface area (Å²) in [6.45, 7) is 1.26. The minimum absolute atomic E-state index is 0.0461. The molecule has 1 atom stereocenters. The fraction of sp³-hybridized carbons (Fsp3) is 0.312. The van der Waals surface area contributed by atoms with Crippen LogP contribution in [0.4, 0.5) is 0 Å². The highest BCUT2D eigenvalue weighted by Gasteiger charge is 2.54. The summed E-state index contributed by atoms with van der Waals surface area (Å²) in [6, 6.07) is 12.8. The van der Waals surface area contributed by atoms with Crippen LogP contribution in [0.15, 0.2) is 61.1 Å². The van der Waals surface area contributed by atoms with Crippen molar-refractivity contribution in [2.75, 3.05) is 20.2 Å². The molecule has 9 heteroatoms. The number of fused-ring (bicyclic) bond motifs is 2. The monoisotopic (exact) mass is 551 g/mol. The third-order valence-electron chi connectivity index (χ3n) is 8.62. The highest BCUT2D eigenvalue weighted by Crippen LogP contribution is 2.46. The number of carbonyl (C=O) groups is 3. The number of pyridine rings is 1.